The molecule has 4 nitrogen and oxygen atoms in total. The van der Waals surface area contributed by atoms with Crippen molar-refractivity contribution in [2.45, 2.75) is 31.4 Å². The van der Waals surface area contributed by atoms with Gasteiger partial charge in [0.1, 0.15) is 11.9 Å². The number of fused-ring (bicyclic) bond motifs is 1. The first-order valence-electron chi connectivity index (χ1n) is 7.76. The van der Waals surface area contributed by atoms with E-state index in [0.717, 1.165) is 42.8 Å². The molecule has 21 heavy (non-hydrogen) atoms. The zero-order chi connectivity index (χ0) is 14.7. The Labute approximate surface area is 134 Å². The van der Waals surface area contributed by atoms with Crippen molar-refractivity contribution >= 4 is 15.9 Å². The Kier molecular flexibility index (Phi) is 5.16. The monoisotopic (exact) mass is 354 g/mol. The van der Waals surface area contributed by atoms with E-state index in [2.05, 4.69) is 32.2 Å². The average Bonchev–Trinajstić information content (AvgIpc) is 3.07. The quantitative estimate of drug-likeness (QED) is 0.817. The molecule has 2 unspecified atom stereocenters. The second kappa shape index (κ2) is 7.09. The predicted molar refractivity (Wildman–Crippen MR) is 86.8 cm³/mol. The summed E-state index contributed by atoms with van der Waals surface area (Å²) in [5.41, 5.74) is 1.28. The van der Waals surface area contributed by atoms with Crippen LogP contribution in [0.2, 0.25) is 0 Å². The van der Waals surface area contributed by atoms with E-state index >= 15 is 0 Å². The standard InChI is InChI=1S/C16H23BrN2O2/c17-13-3-4-16-12(8-13)9-15(21-16)11-19(6-7-20)10-14-2-1-5-18-14/h3-4,8,14-15,18,20H,1-2,5-7,9-11H2. The average molecular weight is 355 g/mol. The Hall–Kier alpha value is -0.620. The molecule has 2 aliphatic heterocycles. The molecule has 0 spiro atoms. The Balaban J connectivity index is 1.56. The molecular weight excluding hydrogens is 332 g/mol. The van der Waals surface area contributed by atoms with Crippen molar-refractivity contribution in [3.05, 3.63) is 28.2 Å². The molecule has 2 N–H and O–H groups in total. The number of rotatable bonds is 6. The van der Waals surface area contributed by atoms with Crippen LogP contribution >= 0.6 is 15.9 Å². The molecule has 0 radical (unpaired) electrons. The highest BCUT2D eigenvalue weighted by atomic mass is 79.9. The van der Waals surface area contributed by atoms with Gasteiger partial charge >= 0.3 is 0 Å². The first-order valence-corrected chi connectivity index (χ1v) is 8.55. The molecular formula is C16H23BrN2O2. The summed E-state index contributed by atoms with van der Waals surface area (Å²) in [4.78, 5) is 2.33. The molecule has 3 rings (SSSR count). The summed E-state index contributed by atoms with van der Waals surface area (Å²) in [5, 5.41) is 12.8. The lowest BCUT2D eigenvalue weighted by atomic mass is 10.1. The van der Waals surface area contributed by atoms with Crippen molar-refractivity contribution in [3.63, 3.8) is 0 Å². The summed E-state index contributed by atoms with van der Waals surface area (Å²) >= 11 is 3.51. The van der Waals surface area contributed by atoms with E-state index in [-0.39, 0.29) is 12.7 Å². The van der Waals surface area contributed by atoms with E-state index < -0.39 is 0 Å². The van der Waals surface area contributed by atoms with E-state index in [1.807, 2.05) is 12.1 Å². The molecule has 5 heteroatoms. The number of hydrogen-bond acceptors (Lipinski definition) is 4. The summed E-state index contributed by atoms with van der Waals surface area (Å²) in [5.74, 6) is 1.01. The van der Waals surface area contributed by atoms with Gasteiger partial charge in [-0.3, -0.25) is 4.90 Å². The minimum absolute atomic E-state index is 0.197. The van der Waals surface area contributed by atoms with E-state index in [1.54, 1.807) is 0 Å². The molecule has 1 fully saturated rings. The normalized spacial score (nSPS) is 24.3. The van der Waals surface area contributed by atoms with Crippen LogP contribution in [0.1, 0.15) is 18.4 Å². The van der Waals surface area contributed by atoms with Crippen LogP contribution in [-0.2, 0) is 6.42 Å². The lowest BCUT2D eigenvalue weighted by Crippen LogP contribution is -2.43. The second-order valence-corrected chi connectivity index (χ2v) is 6.89. The summed E-state index contributed by atoms with van der Waals surface area (Å²) in [7, 11) is 0. The minimum atomic E-state index is 0.197. The SMILES string of the molecule is OCCN(CC1CCCN1)CC1Cc2cc(Br)ccc2O1. The van der Waals surface area contributed by atoms with Crippen molar-refractivity contribution in [1.82, 2.24) is 10.2 Å². The first kappa shape index (κ1) is 15.3. The van der Waals surface area contributed by atoms with Gasteiger partial charge in [0.15, 0.2) is 0 Å². The number of benzene rings is 1. The van der Waals surface area contributed by atoms with Crippen LogP contribution in [0, 0.1) is 0 Å². The van der Waals surface area contributed by atoms with Crippen LogP contribution in [0.3, 0.4) is 0 Å². The first-order chi connectivity index (χ1) is 10.2. The van der Waals surface area contributed by atoms with Gasteiger partial charge in [0.05, 0.1) is 6.61 Å². The Morgan fingerprint density at radius 1 is 1.38 bits per heavy atom. The third-order valence-corrected chi connectivity index (χ3v) is 4.78. The van der Waals surface area contributed by atoms with Crippen molar-refractivity contribution < 1.29 is 9.84 Å². The maximum Gasteiger partial charge on any atom is 0.123 e. The van der Waals surface area contributed by atoms with Gasteiger partial charge in [-0.25, -0.2) is 0 Å². The smallest absolute Gasteiger partial charge is 0.123 e. The van der Waals surface area contributed by atoms with Crippen molar-refractivity contribution in [2.24, 2.45) is 0 Å². The third kappa shape index (κ3) is 3.97. The van der Waals surface area contributed by atoms with Gasteiger partial charge in [-0.2, -0.15) is 0 Å². The van der Waals surface area contributed by atoms with Gasteiger partial charge < -0.3 is 15.2 Å². The van der Waals surface area contributed by atoms with Crippen LogP contribution in [0.15, 0.2) is 22.7 Å². The van der Waals surface area contributed by atoms with Gasteiger partial charge in [-0.1, -0.05) is 15.9 Å². The predicted octanol–water partition coefficient (Wildman–Crippen LogP) is 1.80. The number of aliphatic hydroxyl groups is 1. The zero-order valence-electron chi connectivity index (χ0n) is 12.2. The maximum absolute atomic E-state index is 9.29. The highest BCUT2D eigenvalue weighted by molar-refractivity contribution is 9.10. The number of nitrogens with zero attached hydrogens (tertiary/aromatic N) is 1. The summed E-state index contributed by atoms with van der Waals surface area (Å²) < 4.78 is 7.14. The van der Waals surface area contributed by atoms with Gasteiger partial charge in [-0.15, -0.1) is 0 Å². The van der Waals surface area contributed by atoms with Crippen LogP contribution in [0.5, 0.6) is 5.75 Å². The molecule has 2 heterocycles. The van der Waals surface area contributed by atoms with E-state index in [1.165, 1.54) is 18.4 Å². The lowest BCUT2D eigenvalue weighted by Gasteiger charge is -2.27. The molecule has 0 aromatic heterocycles. The number of hydrogen-bond donors (Lipinski definition) is 2. The molecule has 0 saturated carbocycles. The second-order valence-electron chi connectivity index (χ2n) is 5.97. The maximum atomic E-state index is 9.29. The van der Waals surface area contributed by atoms with E-state index in [4.69, 9.17) is 4.74 Å². The van der Waals surface area contributed by atoms with Gasteiger partial charge in [0.25, 0.3) is 0 Å². The van der Waals surface area contributed by atoms with Crippen molar-refractivity contribution in [1.29, 1.82) is 0 Å². The number of aliphatic hydroxyl groups excluding tert-OH is 1. The number of nitrogens with one attached hydrogen (secondary N) is 1. The lowest BCUT2D eigenvalue weighted by molar-refractivity contribution is 0.122. The molecule has 116 valence electrons. The fourth-order valence-corrected chi connectivity index (χ4v) is 3.71. The molecule has 1 aromatic carbocycles. The molecule has 1 saturated heterocycles. The van der Waals surface area contributed by atoms with E-state index in [9.17, 15) is 5.11 Å². The van der Waals surface area contributed by atoms with Crippen LogP contribution in [0.4, 0.5) is 0 Å². The topological polar surface area (TPSA) is 44.7 Å². The van der Waals surface area contributed by atoms with Crippen molar-refractivity contribution in [3.8, 4) is 5.75 Å². The number of halogens is 1. The molecule has 1 aromatic rings. The van der Waals surface area contributed by atoms with Crippen LogP contribution in [0.25, 0.3) is 0 Å². The van der Waals surface area contributed by atoms with Gasteiger partial charge in [0, 0.05) is 36.6 Å². The fourth-order valence-electron chi connectivity index (χ4n) is 3.30. The van der Waals surface area contributed by atoms with Crippen LogP contribution in [-0.4, -0.2) is 54.9 Å². The van der Waals surface area contributed by atoms with Crippen LogP contribution < -0.4 is 10.1 Å². The highest BCUT2D eigenvalue weighted by Gasteiger charge is 2.26. The minimum Gasteiger partial charge on any atom is -0.488 e. The third-order valence-electron chi connectivity index (χ3n) is 4.28. The fraction of sp³-hybridized carbons (Fsp3) is 0.625. The molecule has 0 bridgehead atoms. The number of ether oxygens (including phenoxy) is 1. The Bertz CT molecular complexity index is 477. The highest BCUT2D eigenvalue weighted by Crippen LogP contribution is 2.31. The summed E-state index contributed by atoms with van der Waals surface area (Å²) in [6.07, 6.45) is 3.65. The van der Waals surface area contributed by atoms with Crippen molar-refractivity contribution in [2.75, 3.05) is 32.8 Å². The molecule has 2 atom stereocenters. The zero-order valence-corrected chi connectivity index (χ0v) is 13.8. The molecule has 2 aliphatic rings. The summed E-state index contributed by atoms with van der Waals surface area (Å²) in [6, 6.07) is 6.77. The van der Waals surface area contributed by atoms with Gasteiger partial charge in [0.2, 0.25) is 0 Å². The largest absolute Gasteiger partial charge is 0.488 e. The molecule has 0 aliphatic carbocycles. The summed E-state index contributed by atoms with van der Waals surface area (Å²) in [6.45, 7) is 3.93. The molecule has 0 amide bonds. The Morgan fingerprint density at radius 3 is 3.05 bits per heavy atom. The van der Waals surface area contributed by atoms with Gasteiger partial charge in [-0.05, 0) is 43.1 Å². The van der Waals surface area contributed by atoms with E-state index in [0.29, 0.717) is 6.04 Å². The Morgan fingerprint density at radius 2 is 2.29 bits per heavy atom.